The van der Waals surface area contributed by atoms with Crippen molar-refractivity contribution in [2.24, 2.45) is 0 Å². The number of ether oxygens (including phenoxy) is 1. The van der Waals surface area contributed by atoms with Gasteiger partial charge in [-0.3, -0.25) is 9.59 Å². The second-order valence-electron chi connectivity index (χ2n) is 6.35. The molecule has 0 atom stereocenters. The van der Waals surface area contributed by atoms with Gasteiger partial charge in [-0.15, -0.1) is 0 Å². The van der Waals surface area contributed by atoms with Crippen molar-refractivity contribution in [1.29, 1.82) is 0 Å². The van der Waals surface area contributed by atoms with E-state index in [0.717, 1.165) is 17.7 Å². The Balaban J connectivity index is 1.63. The van der Waals surface area contributed by atoms with Crippen molar-refractivity contribution in [2.75, 3.05) is 10.6 Å². The third-order valence-electron chi connectivity index (χ3n) is 4.26. The fourth-order valence-corrected chi connectivity index (χ4v) is 3.14. The number of benzene rings is 3. The molecule has 140 valence electrons. The van der Waals surface area contributed by atoms with Crippen molar-refractivity contribution < 1.29 is 18.7 Å². The molecule has 0 aromatic heterocycles. The van der Waals surface area contributed by atoms with Crippen LogP contribution in [0.1, 0.15) is 26.3 Å². The lowest BCUT2D eigenvalue weighted by Crippen LogP contribution is -2.14. The molecule has 1 aliphatic rings. The van der Waals surface area contributed by atoms with Gasteiger partial charge in [0.1, 0.15) is 11.6 Å². The number of carbonyl (C=O) groups excluding carboxylic acids is 2. The van der Waals surface area contributed by atoms with Gasteiger partial charge in [0.25, 0.3) is 11.8 Å². The van der Waals surface area contributed by atoms with E-state index in [2.05, 4.69) is 10.6 Å². The number of amides is 2. The molecule has 2 amide bonds. The number of rotatable bonds is 2. The quantitative estimate of drug-likeness (QED) is 0.609. The summed E-state index contributed by atoms with van der Waals surface area (Å²) in [5.41, 5.74) is 2.34. The van der Waals surface area contributed by atoms with E-state index in [1.165, 1.54) is 12.1 Å². The first-order valence-electron chi connectivity index (χ1n) is 8.41. The second kappa shape index (κ2) is 6.98. The first kappa shape index (κ1) is 18.0. The van der Waals surface area contributed by atoms with Crippen LogP contribution in [0.25, 0.3) is 0 Å². The van der Waals surface area contributed by atoms with Gasteiger partial charge in [-0.25, -0.2) is 4.39 Å². The Labute approximate surface area is 165 Å². The number of nitrogens with one attached hydrogen (secondary N) is 2. The van der Waals surface area contributed by atoms with Crippen LogP contribution in [-0.2, 0) is 0 Å². The molecule has 5 nitrogen and oxygen atoms in total. The Kier molecular flexibility index (Phi) is 4.49. The lowest BCUT2D eigenvalue weighted by Gasteiger charge is -2.10. The second-order valence-corrected chi connectivity index (χ2v) is 6.75. The van der Waals surface area contributed by atoms with Crippen molar-refractivity contribution in [2.45, 2.75) is 6.92 Å². The molecule has 4 rings (SSSR count). The molecule has 0 bridgehead atoms. The topological polar surface area (TPSA) is 67.4 Å². The summed E-state index contributed by atoms with van der Waals surface area (Å²) in [6, 6.07) is 13.7. The number of carbonyl (C=O) groups is 2. The molecule has 7 heteroatoms. The zero-order chi connectivity index (χ0) is 19.8. The van der Waals surface area contributed by atoms with Gasteiger partial charge in [-0.05, 0) is 61.0 Å². The number of hydrogen-bond acceptors (Lipinski definition) is 3. The van der Waals surface area contributed by atoms with Crippen molar-refractivity contribution in [3.05, 3.63) is 82.1 Å². The smallest absolute Gasteiger partial charge is 0.259 e. The average Bonchev–Trinajstić information content (AvgIpc) is 2.77. The molecule has 0 fully saturated rings. The summed E-state index contributed by atoms with van der Waals surface area (Å²) in [7, 11) is 0. The van der Waals surface area contributed by atoms with E-state index in [9.17, 15) is 14.0 Å². The van der Waals surface area contributed by atoms with Gasteiger partial charge in [0.2, 0.25) is 0 Å². The Bertz CT molecular complexity index is 1130. The predicted octanol–water partition coefficient (Wildman–Crippen LogP) is 5.40. The third-order valence-corrected chi connectivity index (χ3v) is 4.57. The maximum Gasteiger partial charge on any atom is 0.259 e. The molecule has 1 heterocycles. The molecule has 0 spiro atoms. The van der Waals surface area contributed by atoms with Gasteiger partial charge in [0, 0.05) is 5.69 Å². The van der Waals surface area contributed by atoms with Crippen molar-refractivity contribution >= 4 is 34.8 Å². The standard InChI is InChI=1S/C21H14ClFN2O3/c1-11-2-6-19-17(8-11)25-21(27)15-10-13(4-7-18(15)28-19)24-20(26)14-5-3-12(23)9-16(14)22/h2-10H,1H3,(H,24,26)(H,25,27). The van der Waals surface area contributed by atoms with Crippen molar-refractivity contribution in [1.82, 2.24) is 0 Å². The summed E-state index contributed by atoms with van der Waals surface area (Å²) in [6.07, 6.45) is 0. The molecule has 2 N–H and O–H groups in total. The number of anilines is 2. The normalized spacial score (nSPS) is 12.2. The highest BCUT2D eigenvalue weighted by molar-refractivity contribution is 6.34. The van der Waals surface area contributed by atoms with E-state index in [1.54, 1.807) is 18.2 Å². The van der Waals surface area contributed by atoms with Crippen LogP contribution in [0.2, 0.25) is 5.02 Å². The summed E-state index contributed by atoms with van der Waals surface area (Å²) in [5, 5.41) is 5.47. The van der Waals surface area contributed by atoms with Crippen LogP contribution < -0.4 is 15.4 Å². The van der Waals surface area contributed by atoms with Crippen LogP contribution in [0.15, 0.2) is 54.6 Å². The zero-order valence-corrected chi connectivity index (χ0v) is 15.4. The Morgan fingerprint density at radius 1 is 1.07 bits per heavy atom. The highest BCUT2D eigenvalue weighted by Crippen LogP contribution is 2.37. The Morgan fingerprint density at radius 2 is 1.86 bits per heavy atom. The van der Waals surface area contributed by atoms with Crippen LogP contribution in [0, 0.1) is 12.7 Å². The minimum absolute atomic E-state index is 0.000782. The van der Waals surface area contributed by atoms with Crippen molar-refractivity contribution in [3.63, 3.8) is 0 Å². The summed E-state index contributed by atoms with van der Waals surface area (Å²) >= 11 is 5.93. The molecule has 3 aromatic rings. The Hall–Kier alpha value is -3.38. The zero-order valence-electron chi connectivity index (χ0n) is 14.7. The Morgan fingerprint density at radius 3 is 2.64 bits per heavy atom. The number of fused-ring (bicyclic) bond motifs is 2. The monoisotopic (exact) mass is 396 g/mol. The van der Waals surface area contributed by atoms with Gasteiger partial charge in [-0.2, -0.15) is 0 Å². The molecular formula is C21H14ClFN2O3. The van der Waals surface area contributed by atoms with Crippen LogP contribution in [-0.4, -0.2) is 11.8 Å². The van der Waals surface area contributed by atoms with E-state index in [1.807, 2.05) is 19.1 Å². The summed E-state index contributed by atoms with van der Waals surface area (Å²) < 4.78 is 19.0. The van der Waals surface area contributed by atoms with Crippen LogP contribution >= 0.6 is 11.6 Å². The summed E-state index contributed by atoms with van der Waals surface area (Å²) in [4.78, 5) is 25.0. The first-order valence-corrected chi connectivity index (χ1v) is 8.79. The van der Waals surface area contributed by atoms with Crippen molar-refractivity contribution in [3.8, 4) is 11.5 Å². The molecule has 0 unspecified atom stereocenters. The maximum absolute atomic E-state index is 13.2. The number of aryl methyl sites for hydroxylation is 1. The van der Waals surface area contributed by atoms with Gasteiger partial charge < -0.3 is 15.4 Å². The predicted molar refractivity (Wildman–Crippen MR) is 105 cm³/mol. The van der Waals surface area contributed by atoms with Gasteiger partial charge >= 0.3 is 0 Å². The van der Waals surface area contributed by atoms with E-state index in [-0.39, 0.29) is 22.1 Å². The molecule has 0 radical (unpaired) electrons. The largest absolute Gasteiger partial charge is 0.454 e. The fraction of sp³-hybridized carbons (Fsp3) is 0.0476. The SMILES string of the molecule is Cc1ccc2c(c1)NC(=O)c1cc(NC(=O)c3ccc(F)cc3Cl)ccc1O2. The van der Waals surface area contributed by atoms with E-state index >= 15 is 0 Å². The number of halogens is 2. The van der Waals surface area contributed by atoms with E-state index in [0.29, 0.717) is 22.9 Å². The first-order chi connectivity index (χ1) is 13.4. The molecule has 0 saturated heterocycles. The fourth-order valence-electron chi connectivity index (χ4n) is 2.88. The molecule has 0 saturated carbocycles. The van der Waals surface area contributed by atoms with E-state index < -0.39 is 11.7 Å². The lowest BCUT2D eigenvalue weighted by molar-refractivity contribution is 0.101. The lowest BCUT2D eigenvalue weighted by atomic mass is 10.1. The summed E-state index contributed by atoms with van der Waals surface area (Å²) in [5.74, 6) is -0.491. The van der Waals surface area contributed by atoms with Crippen LogP contribution in [0.5, 0.6) is 11.5 Å². The molecular weight excluding hydrogens is 383 g/mol. The molecule has 3 aromatic carbocycles. The third kappa shape index (κ3) is 3.42. The highest BCUT2D eigenvalue weighted by Gasteiger charge is 2.22. The molecule has 28 heavy (non-hydrogen) atoms. The highest BCUT2D eigenvalue weighted by atomic mass is 35.5. The molecule has 1 aliphatic heterocycles. The van der Waals surface area contributed by atoms with Crippen LogP contribution in [0.3, 0.4) is 0 Å². The summed E-state index contributed by atoms with van der Waals surface area (Å²) in [6.45, 7) is 1.92. The minimum atomic E-state index is -0.532. The molecule has 0 aliphatic carbocycles. The van der Waals surface area contributed by atoms with Gasteiger partial charge in [0.05, 0.1) is 21.8 Å². The average molecular weight is 397 g/mol. The minimum Gasteiger partial charge on any atom is -0.454 e. The van der Waals surface area contributed by atoms with Gasteiger partial charge in [-0.1, -0.05) is 17.7 Å². The van der Waals surface area contributed by atoms with Gasteiger partial charge in [0.15, 0.2) is 5.75 Å². The maximum atomic E-state index is 13.2. The van der Waals surface area contributed by atoms with Crippen LogP contribution in [0.4, 0.5) is 15.8 Å². The number of hydrogen-bond donors (Lipinski definition) is 2. The van der Waals surface area contributed by atoms with E-state index in [4.69, 9.17) is 16.3 Å².